The Hall–Kier alpha value is -1.59. The van der Waals surface area contributed by atoms with Crippen molar-refractivity contribution in [2.45, 2.75) is 45.2 Å². The highest BCUT2D eigenvalue weighted by molar-refractivity contribution is 5.49. The van der Waals surface area contributed by atoms with Gasteiger partial charge in [-0.1, -0.05) is 18.0 Å². The van der Waals surface area contributed by atoms with Gasteiger partial charge in [0.2, 0.25) is 5.76 Å². The molecule has 0 amide bonds. The fourth-order valence-electron chi connectivity index (χ4n) is 2.98. The Morgan fingerprint density at radius 1 is 1.23 bits per heavy atom. The van der Waals surface area contributed by atoms with Crippen LogP contribution < -0.4 is 5.32 Å². The average Bonchev–Trinajstić information content (AvgIpc) is 3.14. The van der Waals surface area contributed by atoms with Crippen molar-refractivity contribution in [3.63, 3.8) is 0 Å². The first-order chi connectivity index (χ1) is 10.8. The summed E-state index contributed by atoms with van der Waals surface area (Å²) in [5.74, 6) is 1.40. The molecule has 1 N–H and O–H groups in total. The topological polar surface area (TPSA) is 54.4 Å². The van der Waals surface area contributed by atoms with E-state index in [2.05, 4.69) is 22.3 Å². The molecule has 0 radical (unpaired) electrons. The number of likely N-dealkylation sites (tertiary alicyclic amines) is 1. The second-order valence-electron chi connectivity index (χ2n) is 6.16. The van der Waals surface area contributed by atoms with Crippen LogP contribution >= 0.6 is 0 Å². The van der Waals surface area contributed by atoms with Gasteiger partial charge < -0.3 is 19.2 Å². The maximum atomic E-state index is 5.31. The Labute approximate surface area is 131 Å². The molecule has 0 bridgehead atoms. The van der Waals surface area contributed by atoms with Crippen molar-refractivity contribution in [2.75, 3.05) is 19.6 Å². The van der Waals surface area contributed by atoms with Gasteiger partial charge in [-0.3, -0.25) is 0 Å². The summed E-state index contributed by atoms with van der Waals surface area (Å²) in [6.45, 7) is 6.53. The van der Waals surface area contributed by atoms with Crippen LogP contribution in [-0.4, -0.2) is 35.7 Å². The smallest absolute Gasteiger partial charge is 0.202 e. The van der Waals surface area contributed by atoms with Crippen molar-refractivity contribution in [3.8, 4) is 11.5 Å². The minimum absolute atomic E-state index is 0.446. The molecule has 0 spiro atoms. The number of nitrogens with zero attached hydrogens (tertiary/aromatic N) is 2. The third-order valence-electron chi connectivity index (χ3n) is 4.19. The van der Waals surface area contributed by atoms with E-state index < -0.39 is 0 Å². The van der Waals surface area contributed by atoms with Gasteiger partial charge in [0.25, 0.3) is 0 Å². The van der Waals surface area contributed by atoms with E-state index in [0.29, 0.717) is 11.8 Å². The van der Waals surface area contributed by atoms with E-state index in [1.807, 2.05) is 18.2 Å². The van der Waals surface area contributed by atoms with Gasteiger partial charge in [0.15, 0.2) is 5.76 Å². The SMILES string of the molecule is C[C@@H](CN1CCCCCC1)NCc1cc(-c2ccco2)on1. The van der Waals surface area contributed by atoms with E-state index in [1.54, 1.807) is 6.26 Å². The molecule has 22 heavy (non-hydrogen) atoms. The van der Waals surface area contributed by atoms with Gasteiger partial charge >= 0.3 is 0 Å². The molecule has 0 aliphatic carbocycles. The van der Waals surface area contributed by atoms with Gasteiger partial charge in [-0.25, -0.2) is 0 Å². The lowest BCUT2D eigenvalue weighted by molar-refractivity contribution is 0.255. The van der Waals surface area contributed by atoms with Crippen LogP contribution in [-0.2, 0) is 6.54 Å². The van der Waals surface area contributed by atoms with Crippen LogP contribution in [0.3, 0.4) is 0 Å². The molecule has 3 rings (SSSR count). The molecule has 5 heteroatoms. The second kappa shape index (κ2) is 7.61. The molecular formula is C17H25N3O2. The van der Waals surface area contributed by atoms with Crippen molar-refractivity contribution in [3.05, 3.63) is 30.2 Å². The molecule has 5 nitrogen and oxygen atoms in total. The fraction of sp³-hybridized carbons (Fsp3) is 0.588. The Balaban J connectivity index is 1.45. The predicted octanol–water partition coefficient (Wildman–Crippen LogP) is 3.29. The first kappa shape index (κ1) is 15.3. The van der Waals surface area contributed by atoms with E-state index in [1.165, 1.54) is 38.8 Å². The summed E-state index contributed by atoms with van der Waals surface area (Å²) < 4.78 is 10.6. The first-order valence-corrected chi connectivity index (χ1v) is 8.26. The summed E-state index contributed by atoms with van der Waals surface area (Å²) in [4.78, 5) is 2.57. The maximum Gasteiger partial charge on any atom is 0.202 e. The normalized spacial score (nSPS) is 18.2. The molecule has 0 aromatic carbocycles. The van der Waals surface area contributed by atoms with Crippen LogP contribution in [0.15, 0.2) is 33.4 Å². The zero-order valence-corrected chi connectivity index (χ0v) is 13.3. The number of hydrogen-bond acceptors (Lipinski definition) is 5. The van der Waals surface area contributed by atoms with Gasteiger partial charge in [0.1, 0.15) is 0 Å². The zero-order chi connectivity index (χ0) is 15.2. The van der Waals surface area contributed by atoms with Crippen LogP contribution in [0, 0.1) is 0 Å². The number of hydrogen-bond donors (Lipinski definition) is 1. The Bertz CT molecular complexity index is 542. The molecule has 1 aliphatic rings. The number of aromatic nitrogens is 1. The molecule has 2 aromatic rings. The standard InChI is InChI=1S/C17H25N3O2/c1-14(13-20-8-4-2-3-5-9-20)18-12-15-11-17(22-19-15)16-7-6-10-21-16/h6-7,10-11,14,18H,2-5,8-9,12-13H2,1H3/t14-/m0/s1. The summed E-state index contributed by atoms with van der Waals surface area (Å²) in [7, 11) is 0. The summed E-state index contributed by atoms with van der Waals surface area (Å²) in [5, 5.41) is 7.63. The van der Waals surface area contributed by atoms with Crippen LogP contribution in [0.4, 0.5) is 0 Å². The highest BCUT2D eigenvalue weighted by Gasteiger charge is 2.13. The molecule has 1 atom stereocenters. The van der Waals surface area contributed by atoms with Crippen molar-refractivity contribution >= 4 is 0 Å². The third kappa shape index (κ3) is 4.21. The summed E-state index contributed by atoms with van der Waals surface area (Å²) in [6, 6.07) is 6.10. The van der Waals surface area contributed by atoms with Crippen LogP contribution in [0.2, 0.25) is 0 Å². The number of nitrogens with one attached hydrogen (secondary N) is 1. The van der Waals surface area contributed by atoms with Crippen molar-refractivity contribution in [2.24, 2.45) is 0 Å². The van der Waals surface area contributed by atoms with Crippen LogP contribution in [0.25, 0.3) is 11.5 Å². The lowest BCUT2D eigenvalue weighted by Crippen LogP contribution is -2.39. The Kier molecular flexibility index (Phi) is 5.29. The molecule has 120 valence electrons. The molecule has 1 saturated heterocycles. The van der Waals surface area contributed by atoms with Crippen LogP contribution in [0.1, 0.15) is 38.3 Å². The molecule has 0 unspecified atom stereocenters. The lowest BCUT2D eigenvalue weighted by Gasteiger charge is -2.24. The first-order valence-electron chi connectivity index (χ1n) is 8.26. The lowest BCUT2D eigenvalue weighted by atomic mass is 10.2. The van der Waals surface area contributed by atoms with Gasteiger partial charge in [-0.2, -0.15) is 0 Å². The zero-order valence-electron chi connectivity index (χ0n) is 13.3. The molecule has 1 aliphatic heterocycles. The van der Waals surface area contributed by atoms with E-state index in [-0.39, 0.29) is 0 Å². The Morgan fingerprint density at radius 2 is 2.05 bits per heavy atom. The van der Waals surface area contributed by atoms with Crippen molar-refractivity contribution in [1.82, 2.24) is 15.4 Å². The molecule has 1 fully saturated rings. The molecule has 2 aromatic heterocycles. The summed E-state index contributed by atoms with van der Waals surface area (Å²) >= 11 is 0. The molecule has 0 saturated carbocycles. The van der Waals surface area contributed by atoms with E-state index >= 15 is 0 Å². The number of rotatable bonds is 6. The quantitative estimate of drug-likeness (QED) is 0.887. The van der Waals surface area contributed by atoms with E-state index in [4.69, 9.17) is 8.94 Å². The van der Waals surface area contributed by atoms with Gasteiger partial charge in [-0.15, -0.1) is 0 Å². The predicted molar refractivity (Wildman–Crippen MR) is 85.4 cm³/mol. The summed E-state index contributed by atoms with van der Waals surface area (Å²) in [6.07, 6.45) is 7.07. The maximum absolute atomic E-state index is 5.31. The highest BCUT2D eigenvalue weighted by Crippen LogP contribution is 2.20. The highest BCUT2D eigenvalue weighted by atomic mass is 16.5. The Morgan fingerprint density at radius 3 is 2.77 bits per heavy atom. The minimum Gasteiger partial charge on any atom is -0.461 e. The van der Waals surface area contributed by atoms with Crippen LogP contribution in [0.5, 0.6) is 0 Å². The second-order valence-corrected chi connectivity index (χ2v) is 6.16. The minimum atomic E-state index is 0.446. The van der Waals surface area contributed by atoms with Gasteiger partial charge in [0, 0.05) is 25.2 Å². The number of furan rings is 1. The van der Waals surface area contributed by atoms with E-state index in [9.17, 15) is 0 Å². The monoisotopic (exact) mass is 303 g/mol. The summed E-state index contributed by atoms with van der Waals surface area (Å²) in [5.41, 5.74) is 0.911. The average molecular weight is 303 g/mol. The molecule has 3 heterocycles. The molecular weight excluding hydrogens is 278 g/mol. The van der Waals surface area contributed by atoms with Crippen molar-refractivity contribution < 1.29 is 8.94 Å². The largest absolute Gasteiger partial charge is 0.461 e. The van der Waals surface area contributed by atoms with Gasteiger partial charge in [-0.05, 0) is 45.0 Å². The van der Waals surface area contributed by atoms with Crippen molar-refractivity contribution in [1.29, 1.82) is 0 Å². The van der Waals surface area contributed by atoms with Gasteiger partial charge in [0.05, 0.1) is 12.0 Å². The third-order valence-corrected chi connectivity index (χ3v) is 4.19. The van der Waals surface area contributed by atoms with E-state index in [0.717, 1.165) is 24.5 Å². The fourth-order valence-corrected chi connectivity index (χ4v) is 2.98.